The van der Waals surface area contributed by atoms with Crippen LogP contribution in [0, 0.1) is 5.41 Å². The van der Waals surface area contributed by atoms with Gasteiger partial charge < -0.3 is 5.32 Å². The van der Waals surface area contributed by atoms with Gasteiger partial charge in [0.05, 0.1) is 4.90 Å². The zero-order chi connectivity index (χ0) is 14.8. The highest BCUT2D eigenvalue weighted by atomic mass is 32.2. The molecular weight excluding hydrogens is 276 g/mol. The van der Waals surface area contributed by atoms with E-state index in [9.17, 15) is 13.2 Å². The summed E-state index contributed by atoms with van der Waals surface area (Å²) >= 11 is 0. The number of carbonyl (C=O) groups is 1. The van der Waals surface area contributed by atoms with Gasteiger partial charge in [-0.15, -0.1) is 0 Å². The first-order valence-corrected chi connectivity index (χ1v) is 8.32. The van der Waals surface area contributed by atoms with Crippen LogP contribution in [0.1, 0.15) is 43.0 Å². The Morgan fingerprint density at radius 3 is 2.60 bits per heavy atom. The molecular formula is C14H20N2O3S. The molecule has 5 nitrogen and oxygen atoms in total. The van der Waals surface area contributed by atoms with Crippen molar-refractivity contribution in [3.8, 4) is 0 Å². The van der Waals surface area contributed by atoms with E-state index in [2.05, 4.69) is 12.2 Å². The van der Waals surface area contributed by atoms with E-state index in [1.165, 1.54) is 24.6 Å². The van der Waals surface area contributed by atoms with Gasteiger partial charge in [-0.3, -0.25) is 4.79 Å². The first-order chi connectivity index (χ1) is 9.36. The molecule has 1 aromatic carbocycles. The Morgan fingerprint density at radius 2 is 2.10 bits per heavy atom. The summed E-state index contributed by atoms with van der Waals surface area (Å²) in [6.45, 7) is 2.77. The smallest absolute Gasteiger partial charge is 0.251 e. The van der Waals surface area contributed by atoms with Crippen LogP contribution in [-0.4, -0.2) is 20.9 Å². The molecule has 0 spiro atoms. The molecule has 0 atom stereocenters. The molecule has 1 aliphatic carbocycles. The molecule has 1 amide bonds. The maximum absolute atomic E-state index is 12.1. The Hall–Kier alpha value is -1.40. The van der Waals surface area contributed by atoms with Crippen LogP contribution in [0.5, 0.6) is 0 Å². The molecule has 110 valence electrons. The third-order valence-corrected chi connectivity index (χ3v) is 5.12. The zero-order valence-electron chi connectivity index (χ0n) is 11.6. The predicted octanol–water partition coefficient (Wildman–Crippen LogP) is 1.64. The molecule has 2 rings (SSSR count). The third kappa shape index (κ3) is 3.19. The van der Waals surface area contributed by atoms with Gasteiger partial charge in [-0.05, 0) is 42.9 Å². The van der Waals surface area contributed by atoms with Gasteiger partial charge in [0, 0.05) is 12.1 Å². The Kier molecular flexibility index (Phi) is 4.15. The summed E-state index contributed by atoms with van der Waals surface area (Å²) in [5, 5.41) is 7.96. The van der Waals surface area contributed by atoms with Crippen molar-refractivity contribution < 1.29 is 13.2 Å². The highest BCUT2D eigenvalue weighted by Crippen LogP contribution is 2.43. The lowest BCUT2D eigenvalue weighted by Crippen LogP contribution is -2.41. The van der Waals surface area contributed by atoms with E-state index in [0.717, 1.165) is 19.3 Å². The van der Waals surface area contributed by atoms with Gasteiger partial charge >= 0.3 is 0 Å². The maximum Gasteiger partial charge on any atom is 0.251 e. The number of hydrogen-bond acceptors (Lipinski definition) is 3. The lowest BCUT2D eigenvalue weighted by molar-refractivity contribution is 0.0850. The maximum atomic E-state index is 12.1. The van der Waals surface area contributed by atoms with E-state index in [0.29, 0.717) is 12.1 Å². The summed E-state index contributed by atoms with van der Waals surface area (Å²) in [4.78, 5) is 12.0. The van der Waals surface area contributed by atoms with Gasteiger partial charge in [-0.1, -0.05) is 19.4 Å². The molecule has 1 fully saturated rings. The minimum absolute atomic E-state index is 0.0426. The van der Waals surface area contributed by atoms with Crippen LogP contribution in [-0.2, 0) is 10.0 Å². The van der Waals surface area contributed by atoms with Crippen LogP contribution in [0.25, 0.3) is 0 Å². The molecule has 6 heteroatoms. The lowest BCUT2D eigenvalue weighted by Gasteiger charge is -2.41. The molecule has 0 bridgehead atoms. The lowest BCUT2D eigenvalue weighted by atomic mass is 9.67. The minimum atomic E-state index is -3.78. The summed E-state index contributed by atoms with van der Waals surface area (Å²) in [6.07, 6.45) is 4.54. The normalized spacial score (nSPS) is 17.3. The molecule has 1 saturated carbocycles. The van der Waals surface area contributed by atoms with Crippen molar-refractivity contribution in [3.05, 3.63) is 29.8 Å². The third-order valence-electron chi connectivity index (χ3n) is 4.21. The number of rotatable bonds is 5. The Balaban J connectivity index is 2.06. The predicted molar refractivity (Wildman–Crippen MR) is 76.7 cm³/mol. The van der Waals surface area contributed by atoms with E-state index in [1.54, 1.807) is 6.07 Å². The average molecular weight is 296 g/mol. The molecule has 0 aliphatic heterocycles. The number of nitrogens with one attached hydrogen (secondary N) is 1. The number of hydrogen-bond donors (Lipinski definition) is 2. The van der Waals surface area contributed by atoms with Crippen LogP contribution >= 0.6 is 0 Å². The van der Waals surface area contributed by atoms with Crippen molar-refractivity contribution in [2.24, 2.45) is 10.6 Å². The van der Waals surface area contributed by atoms with Crippen LogP contribution in [0.4, 0.5) is 0 Å². The summed E-state index contributed by atoms with van der Waals surface area (Å²) < 4.78 is 22.5. The highest BCUT2D eigenvalue weighted by Gasteiger charge is 2.35. The molecule has 0 unspecified atom stereocenters. The summed E-state index contributed by atoms with van der Waals surface area (Å²) in [6, 6.07) is 5.80. The highest BCUT2D eigenvalue weighted by molar-refractivity contribution is 7.89. The number of sulfonamides is 1. The average Bonchev–Trinajstić information content (AvgIpc) is 2.37. The molecule has 0 radical (unpaired) electrons. The summed E-state index contributed by atoms with van der Waals surface area (Å²) in [7, 11) is -3.78. The largest absolute Gasteiger partial charge is 0.351 e. The number of primary sulfonamides is 1. The van der Waals surface area contributed by atoms with Crippen molar-refractivity contribution in [2.45, 2.75) is 37.5 Å². The first kappa shape index (κ1) is 15.0. The summed E-state index contributed by atoms with van der Waals surface area (Å²) in [5.41, 5.74) is 0.551. The fraction of sp³-hybridized carbons (Fsp3) is 0.500. The number of nitrogens with two attached hydrogens (primary N) is 1. The van der Waals surface area contributed by atoms with Gasteiger partial charge in [0.25, 0.3) is 5.91 Å². The van der Waals surface area contributed by atoms with E-state index in [-0.39, 0.29) is 16.2 Å². The molecule has 0 saturated heterocycles. The quantitative estimate of drug-likeness (QED) is 0.865. The first-order valence-electron chi connectivity index (χ1n) is 6.77. The van der Waals surface area contributed by atoms with Gasteiger partial charge in [0.1, 0.15) is 0 Å². The second kappa shape index (κ2) is 5.54. The van der Waals surface area contributed by atoms with Gasteiger partial charge in [-0.25, -0.2) is 13.6 Å². The standard InChI is InChI=1S/C14H20N2O3S/c1-2-14(7-4-8-14)10-16-13(17)11-5-3-6-12(9-11)20(15,18)19/h3,5-6,9H,2,4,7-8,10H2,1H3,(H,16,17)(H2,15,18,19). The Bertz CT molecular complexity index is 601. The molecule has 3 N–H and O–H groups in total. The fourth-order valence-electron chi connectivity index (χ4n) is 2.52. The zero-order valence-corrected chi connectivity index (χ0v) is 12.4. The second-order valence-corrected chi connectivity index (χ2v) is 7.02. The van der Waals surface area contributed by atoms with E-state index in [1.807, 2.05) is 0 Å². The molecule has 1 aliphatic rings. The summed E-state index contributed by atoms with van der Waals surface area (Å²) in [5.74, 6) is -0.254. The fourth-order valence-corrected chi connectivity index (χ4v) is 3.08. The van der Waals surface area contributed by atoms with Gasteiger partial charge in [0.2, 0.25) is 10.0 Å². The van der Waals surface area contributed by atoms with Gasteiger partial charge in [0.15, 0.2) is 0 Å². The van der Waals surface area contributed by atoms with Crippen LogP contribution in [0.15, 0.2) is 29.2 Å². The second-order valence-electron chi connectivity index (χ2n) is 5.46. The van der Waals surface area contributed by atoms with Crippen molar-refractivity contribution in [3.63, 3.8) is 0 Å². The molecule has 0 aromatic heterocycles. The number of amides is 1. The van der Waals surface area contributed by atoms with Gasteiger partial charge in [-0.2, -0.15) is 0 Å². The van der Waals surface area contributed by atoms with Crippen LogP contribution in [0.2, 0.25) is 0 Å². The van der Waals surface area contributed by atoms with Crippen molar-refractivity contribution in [2.75, 3.05) is 6.54 Å². The Labute approximate surface area is 119 Å². The minimum Gasteiger partial charge on any atom is -0.351 e. The van der Waals surface area contributed by atoms with E-state index >= 15 is 0 Å². The molecule has 20 heavy (non-hydrogen) atoms. The van der Waals surface area contributed by atoms with E-state index < -0.39 is 10.0 Å². The van der Waals surface area contributed by atoms with E-state index in [4.69, 9.17) is 5.14 Å². The van der Waals surface area contributed by atoms with Crippen LogP contribution in [0.3, 0.4) is 0 Å². The topological polar surface area (TPSA) is 89.3 Å². The van der Waals surface area contributed by atoms with Crippen molar-refractivity contribution >= 4 is 15.9 Å². The van der Waals surface area contributed by atoms with Crippen molar-refractivity contribution in [1.29, 1.82) is 0 Å². The van der Waals surface area contributed by atoms with Crippen LogP contribution < -0.4 is 10.5 Å². The molecule has 1 aromatic rings. The number of benzene rings is 1. The monoisotopic (exact) mass is 296 g/mol. The van der Waals surface area contributed by atoms with Crippen molar-refractivity contribution in [1.82, 2.24) is 5.32 Å². The SMILES string of the molecule is CCC1(CNC(=O)c2cccc(S(N)(=O)=O)c2)CCC1. The Morgan fingerprint density at radius 1 is 1.40 bits per heavy atom. The molecule has 0 heterocycles. The number of carbonyl (C=O) groups excluding carboxylic acids is 1.